The number of hydrogen-bond acceptors (Lipinski definition) is 2. The van der Waals surface area contributed by atoms with Crippen LogP contribution in [0.4, 0.5) is 0 Å². The minimum Gasteiger partial charge on any atom is -0.388 e. The zero-order valence-corrected chi connectivity index (χ0v) is 14.6. The zero-order chi connectivity index (χ0) is 14.8. The van der Waals surface area contributed by atoms with Gasteiger partial charge in [-0.3, -0.25) is 4.79 Å². The molecule has 3 nitrogen and oxygen atoms in total. The molecular formula is C15H19Br2NO2. The largest absolute Gasteiger partial charge is 0.388 e. The molecule has 1 amide bonds. The molecule has 1 aliphatic rings. The molecule has 2 atom stereocenters. The van der Waals surface area contributed by atoms with Crippen molar-refractivity contribution < 1.29 is 9.90 Å². The second-order valence-corrected chi connectivity index (χ2v) is 7.60. The number of halogens is 2. The Morgan fingerprint density at radius 2 is 2.05 bits per heavy atom. The van der Waals surface area contributed by atoms with Crippen LogP contribution in [0.2, 0.25) is 0 Å². The van der Waals surface area contributed by atoms with E-state index in [0.29, 0.717) is 18.0 Å². The number of rotatable bonds is 3. The van der Waals surface area contributed by atoms with Crippen molar-refractivity contribution in [2.24, 2.45) is 5.92 Å². The molecule has 1 aliphatic carbocycles. The van der Waals surface area contributed by atoms with Gasteiger partial charge in [0.25, 0.3) is 5.91 Å². The van der Waals surface area contributed by atoms with E-state index in [4.69, 9.17) is 0 Å². The molecule has 1 aromatic rings. The summed E-state index contributed by atoms with van der Waals surface area (Å²) in [7, 11) is 0. The summed E-state index contributed by atoms with van der Waals surface area (Å²) in [6.07, 6.45) is 3.71. The third kappa shape index (κ3) is 4.30. The van der Waals surface area contributed by atoms with Crippen molar-refractivity contribution in [3.05, 3.63) is 32.7 Å². The lowest BCUT2D eigenvalue weighted by Crippen LogP contribution is -2.45. The van der Waals surface area contributed by atoms with Gasteiger partial charge in [-0.2, -0.15) is 0 Å². The Kier molecular flexibility index (Phi) is 5.26. The lowest BCUT2D eigenvalue weighted by Gasteiger charge is -2.35. The predicted molar refractivity (Wildman–Crippen MR) is 86.8 cm³/mol. The highest BCUT2D eigenvalue weighted by molar-refractivity contribution is 9.11. The Labute approximate surface area is 136 Å². The molecule has 5 heteroatoms. The van der Waals surface area contributed by atoms with Gasteiger partial charge in [-0.25, -0.2) is 0 Å². The van der Waals surface area contributed by atoms with Gasteiger partial charge in [-0.1, -0.05) is 51.6 Å². The maximum absolute atomic E-state index is 12.2. The molecule has 20 heavy (non-hydrogen) atoms. The maximum Gasteiger partial charge on any atom is 0.251 e. The quantitative estimate of drug-likeness (QED) is 0.802. The van der Waals surface area contributed by atoms with Crippen molar-refractivity contribution >= 4 is 37.8 Å². The first kappa shape index (κ1) is 16.0. The summed E-state index contributed by atoms with van der Waals surface area (Å²) in [5.41, 5.74) is -0.171. The van der Waals surface area contributed by atoms with E-state index in [0.717, 1.165) is 34.6 Å². The summed E-state index contributed by atoms with van der Waals surface area (Å²) < 4.78 is 1.70. The fourth-order valence-corrected chi connectivity index (χ4v) is 4.12. The number of carbonyl (C=O) groups excluding carboxylic acids is 1. The van der Waals surface area contributed by atoms with Gasteiger partial charge in [0.15, 0.2) is 0 Å². The summed E-state index contributed by atoms with van der Waals surface area (Å²) in [5.74, 6) is 0.365. The Balaban J connectivity index is 1.98. The van der Waals surface area contributed by atoms with Gasteiger partial charge in [0.2, 0.25) is 0 Å². The second-order valence-electron chi connectivity index (χ2n) is 5.77. The van der Waals surface area contributed by atoms with Crippen molar-refractivity contribution in [3.63, 3.8) is 0 Å². The smallest absolute Gasteiger partial charge is 0.251 e. The van der Waals surface area contributed by atoms with E-state index in [9.17, 15) is 9.90 Å². The van der Waals surface area contributed by atoms with E-state index in [1.54, 1.807) is 12.1 Å². The predicted octanol–water partition coefficient (Wildman–Crippen LogP) is 3.88. The molecule has 0 aliphatic heterocycles. The van der Waals surface area contributed by atoms with Gasteiger partial charge < -0.3 is 10.4 Å². The number of aliphatic hydroxyl groups is 1. The van der Waals surface area contributed by atoms with Crippen molar-refractivity contribution in [2.45, 2.75) is 38.2 Å². The van der Waals surface area contributed by atoms with Crippen LogP contribution in [-0.4, -0.2) is 23.2 Å². The molecule has 0 aromatic heterocycles. The van der Waals surface area contributed by atoms with E-state index < -0.39 is 5.60 Å². The van der Waals surface area contributed by atoms with Crippen LogP contribution >= 0.6 is 31.9 Å². The molecule has 0 saturated heterocycles. The zero-order valence-electron chi connectivity index (χ0n) is 11.5. The standard InChI is InChI=1S/C15H19Br2NO2/c1-10-3-2-4-15(20,8-10)9-18-14(19)11-5-12(16)7-13(17)6-11/h5-7,10,20H,2-4,8-9H2,1H3,(H,18,19). The van der Waals surface area contributed by atoms with Crippen LogP contribution in [0.3, 0.4) is 0 Å². The lowest BCUT2D eigenvalue weighted by atomic mass is 9.79. The lowest BCUT2D eigenvalue weighted by molar-refractivity contribution is -0.0109. The van der Waals surface area contributed by atoms with Gasteiger partial charge in [0.05, 0.1) is 5.60 Å². The first-order chi connectivity index (χ1) is 9.38. The second kappa shape index (κ2) is 6.58. The normalized spacial score (nSPS) is 26.3. The number of nitrogens with one attached hydrogen (secondary N) is 1. The molecule has 1 fully saturated rings. The van der Waals surface area contributed by atoms with E-state index >= 15 is 0 Å². The number of carbonyl (C=O) groups is 1. The Morgan fingerprint density at radius 1 is 1.40 bits per heavy atom. The van der Waals surface area contributed by atoms with E-state index in [2.05, 4.69) is 44.1 Å². The summed E-state index contributed by atoms with van der Waals surface area (Å²) in [4.78, 5) is 12.2. The fraction of sp³-hybridized carbons (Fsp3) is 0.533. The fourth-order valence-electron chi connectivity index (χ4n) is 2.82. The van der Waals surface area contributed by atoms with Crippen molar-refractivity contribution in [2.75, 3.05) is 6.54 Å². The van der Waals surface area contributed by atoms with Crippen LogP contribution < -0.4 is 5.32 Å². The minimum absolute atomic E-state index is 0.154. The molecule has 2 N–H and O–H groups in total. The molecule has 1 saturated carbocycles. The Bertz CT molecular complexity index is 486. The maximum atomic E-state index is 12.2. The number of benzene rings is 1. The van der Waals surface area contributed by atoms with Crippen LogP contribution in [0.5, 0.6) is 0 Å². The average Bonchev–Trinajstić information content (AvgIpc) is 2.34. The van der Waals surface area contributed by atoms with E-state index in [1.165, 1.54) is 0 Å². The Hall–Kier alpha value is -0.390. The molecule has 2 rings (SSSR count). The van der Waals surface area contributed by atoms with E-state index in [-0.39, 0.29) is 5.91 Å². The van der Waals surface area contributed by atoms with Gasteiger partial charge in [-0.05, 0) is 37.0 Å². The van der Waals surface area contributed by atoms with Crippen LogP contribution in [0.15, 0.2) is 27.1 Å². The third-order valence-corrected chi connectivity index (χ3v) is 4.69. The summed E-state index contributed by atoms with van der Waals surface area (Å²) in [6, 6.07) is 5.43. The Morgan fingerprint density at radius 3 is 2.65 bits per heavy atom. The van der Waals surface area contributed by atoms with Crippen LogP contribution in [0, 0.1) is 5.92 Å². The highest BCUT2D eigenvalue weighted by Crippen LogP contribution is 2.31. The molecule has 0 bridgehead atoms. The van der Waals surface area contributed by atoms with Gasteiger partial charge in [-0.15, -0.1) is 0 Å². The van der Waals surface area contributed by atoms with Crippen LogP contribution in [-0.2, 0) is 0 Å². The first-order valence-electron chi connectivity index (χ1n) is 6.85. The molecule has 0 heterocycles. The molecule has 110 valence electrons. The SMILES string of the molecule is CC1CCCC(O)(CNC(=O)c2cc(Br)cc(Br)c2)C1. The highest BCUT2D eigenvalue weighted by Gasteiger charge is 2.32. The van der Waals surface area contributed by atoms with E-state index in [1.807, 2.05) is 6.07 Å². The molecule has 1 aromatic carbocycles. The summed E-state index contributed by atoms with van der Waals surface area (Å²) in [6.45, 7) is 2.47. The summed E-state index contributed by atoms with van der Waals surface area (Å²) >= 11 is 6.74. The first-order valence-corrected chi connectivity index (χ1v) is 8.43. The third-order valence-electron chi connectivity index (χ3n) is 3.77. The van der Waals surface area contributed by atoms with Crippen LogP contribution in [0.25, 0.3) is 0 Å². The minimum atomic E-state index is -0.753. The molecule has 0 spiro atoms. The van der Waals surface area contributed by atoms with Crippen molar-refractivity contribution in [3.8, 4) is 0 Å². The topological polar surface area (TPSA) is 49.3 Å². The monoisotopic (exact) mass is 403 g/mol. The molecule has 0 radical (unpaired) electrons. The molecular weight excluding hydrogens is 386 g/mol. The highest BCUT2D eigenvalue weighted by atomic mass is 79.9. The number of hydrogen-bond donors (Lipinski definition) is 2. The van der Waals surface area contributed by atoms with Crippen LogP contribution in [0.1, 0.15) is 43.0 Å². The van der Waals surface area contributed by atoms with Gasteiger partial charge >= 0.3 is 0 Å². The number of amides is 1. The van der Waals surface area contributed by atoms with Gasteiger partial charge in [0.1, 0.15) is 0 Å². The van der Waals surface area contributed by atoms with Gasteiger partial charge in [0, 0.05) is 21.1 Å². The summed E-state index contributed by atoms with van der Waals surface area (Å²) in [5, 5.41) is 13.4. The van der Waals surface area contributed by atoms with Crippen molar-refractivity contribution in [1.82, 2.24) is 5.32 Å². The average molecular weight is 405 g/mol. The van der Waals surface area contributed by atoms with Crippen molar-refractivity contribution in [1.29, 1.82) is 0 Å². The molecule has 2 unspecified atom stereocenters.